The minimum atomic E-state index is -1.02. The number of ketones is 1. The second-order valence-electron chi connectivity index (χ2n) is 21.7. The molecular formula is C61H81N5O14. The van der Waals surface area contributed by atoms with E-state index in [4.69, 9.17) is 33.2 Å². The van der Waals surface area contributed by atoms with Crippen LogP contribution < -0.4 is 20.9 Å². The highest BCUT2D eigenvalue weighted by Gasteiger charge is 2.62. The number of likely N-dealkylation sites (N-methyl/N-ethyl adjacent to an activating group) is 1. The van der Waals surface area contributed by atoms with E-state index in [9.17, 15) is 33.9 Å². The van der Waals surface area contributed by atoms with Crippen LogP contribution in [0.4, 0.5) is 11.4 Å². The van der Waals surface area contributed by atoms with Gasteiger partial charge in [-0.2, -0.15) is 0 Å². The summed E-state index contributed by atoms with van der Waals surface area (Å²) in [6.45, 7) is 11.2. The summed E-state index contributed by atoms with van der Waals surface area (Å²) in [4.78, 5) is 77.9. The molecule has 19 heteroatoms. The second kappa shape index (κ2) is 29.2. The first-order valence-corrected chi connectivity index (χ1v) is 28.7. The molecule has 0 spiro atoms. The van der Waals surface area contributed by atoms with E-state index in [1.807, 2.05) is 13.0 Å². The Morgan fingerprint density at radius 2 is 1.41 bits per heavy atom. The number of anilines is 2. The van der Waals surface area contributed by atoms with Crippen LogP contribution >= 0.6 is 0 Å². The van der Waals surface area contributed by atoms with Crippen molar-refractivity contribution >= 4 is 46.7 Å². The molecule has 2 aromatic rings. The van der Waals surface area contributed by atoms with Crippen LogP contribution in [-0.4, -0.2) is 176 Å². The zero-order valence-electron chi connectivity index (χ0n) is 46.9. The summed E-state index contributed by atoms with van der Waals surface area (Å²) in [6, 6.07) is 12.8. The minimum absolute atomic E-state index is 0.0546. The van der Waals surface area contributed by atoms with E-state index >= 15 is 0 Å². The summed E-state index contributed by atoms with van der Waals surface area (Å²) in [5, 5.41) is 20.2. The summed E-state index contributed by atoms with van der Waals surface area (Å²) in [6.07, 6.45) is 9.24. The monoisotopic (exact) mass is 1110 g/mol. The maximum absolute atomic E-state index is 13.2. The summed E-state index contributed by atoms with van der Waals surface area (Å²) in [7, 11) is 2.07. The number of allylic oxidation sites excluding steroid dienone is 4. The molecule has 19 nitrogen and oxygen atoms in total. The Hall–Kier alpha value is -5.82. The van der Waals surface area contributed by atoms with E-state index in [-0.39, 0.29) is 60.2 Å². The molecule has 434 valence electrons. The molecule has 0 aromatic heterocycles. The number of carbonyl (C=O) groups is 6. The van der Waals surface area contributed by atoms with E-state index in [0.29, 0.717) is 136 Å². The number of nitrogens with one attached hydrogen (secondary N) is 3. The number of carbonyl (C=O) groups excluding carboxylic acids is 6. The third kappa shape index (κ3) is 14.8. The summed E-state index contributed by atoms with van der Waals surface area (Å²) >= 11 is 0. The van der Waals surface area contributed by atoms with Crippen molar-refractivity contribution in [1.82, 2.24) is 15.5 Å². The largest absolute Gasteiger partial charge is 0.384 e. The van der Waals surface area contributed by atoms with Gasteiger partial charge in [0.2, 0.25) is 17.7 Å². The molecule has 4 aliphatic carbocycles. The van der Waals surface area contributed by atoms with Crippen molar-refractivity contribution in [3.8, 4) is 11.8 Å². The van der Waals surface area contributed by atoms with Gasteiger partial charge in [-0.1, -0.05) is 36.6 Å². The number of hydrogen-bond donors (Lipinski definition) is 4. The molecule has 1 saturated heterocycles. The van der Waals surface area contributed by atoms with E-state index in [1.165, 1.54) is 22.3 Å². The van der Waals surface area contributed by atoms with Crippen LogP contribution in [0.3, 0.4) is 0 Å². The van der Waals surface area contributed by atoms with Gasteiger partial charge in [-0.25, -0.2) is 0 Å². The van der Waals surface area contributed by atoms with Crippen LogP contribution in [0.1, 0.15) is 117 Å². The van der Waals surface area contributed by atoms with E-state index in [0.717, 1.165) is 49.2 Å². The number of amides is 5. The molecule has 2 aliphatic heterocycles. The van der Waals surface area contributed by atoms with Crippen molar-refractivity contribution in [1.29, 1.82) is 0 Å². The van der Waals surface area contributed by atoms with E-state index in [2.05, 4.69) is 70.9 Å². The number of aliphatic hydroxyl groups is 1. The summed E-state index contributed by atoms with van der Waals surface area (Å²) in [5.41, 5.74) is 6.18. The molecule has 8 rings (SSSR count). The van der Waals surface area contributed by atoms with Gasteiger partial charge in [0.25, 0.3) is 11.8 Å². The molecule has 1 unspecified atom stereocenters. The predicted molar refractivity (Wildman–Crippen MR) is 298 cm³/mol. The lowest BCUT2D eigenvalue weighted by Gasteiger charge is -2.53. The maximum atomic E-state index is 13.2. The predicted octanol–water partition coefficient (Wildman–Crippen LogP) is 5.30. The van der Waals surface area contributed by atoms with Gasteiger partial charge in [-0.3, -0.25) is 39.0 Å². The number of nitrogens with zero attached hydrogens (tertiary/aromatic N) is 2. The van der Waals surface area contributed by atoms with Crippen molar-refractivity contribution in [2.24, 2.45) is 17.3 Å². The number of piperidine rings is 1. The van der Waals surface area contributed by atoms with E-state index in [1.54, 1.807) is 18.2 Å². The Kier molecular flexibility index (Phi) is 22.0. The topological polar surface area (TPSA) is 230 Å². The van der Waals surface area contributed by atoms with Gasteiger partial charge in [-0.15, -0.1) is 5.92 Å². The lowest BCUT2D eigenvalue weighted by Crippen LogP contribution is -2.54. The van der Waals surface area contributed by atoms with Crippen LogP contribution in [0.15, 0.2) is 65.3 Å². The zero-order chi connectivity index (χ0) is 56.5. The quantitative estimate of drug-likeness (QED) is 0.0414. The molecular weight excluding hydrogens is 1030 g/mol. The number of ether oxygens (including phenoxy) is 7. The van der Waals surface area contributed by atoms with Crippen LogP contribution in [0.5, 0.6) is 0 Å². The van der Waals surface area contributed by atoms with Crippen LogP contribution in [0.25, 0.3) is 0 Å². The molecule has 0 radical (unpaired) electrons. The Bertz CT molecular complexity index is 2650. The highest BCUT2D eigenvalue weighted by atomic mass is 16.6. The second-order valence-corrected chi connectivity index (χ2v) is 21.7. The average Bonchev–Trinajstić information content (AvgIpc) is 3.98. The number of rotatable bonds is 32. The highest BCUT2D eigenvalue weighted by molar-refractivity contribution is 6.25. The van der Waals surface area contributed by atoms with Crippen LogP contribution in [0, 0.1) is 29.1 Å². The lowest BCUT2D eigenvalue weighted by atomic mass is 9.51. The van der Waals surface area contributed by atoms with Crippen molar-refractivity contribution in [2.45, 2.75) is 102 Å². The fourth-order valence-electron chi connectivity index (χ4n) is 12.5. The third-order valence-corrected chi connectivity index (χ3v) is 16.7. The molecule has 4 N–H and O–H groups in total. The molecule has 80 heavy (non-hydrogen) atoms. The Morgan fingerprint density at radius 3 is 2.09 bits per heavy atom. The van der Waals surface area contributed by atoms with Crippen molar-refractivity contribution in [3.63, 3.8) is 0 Å². The van der Waals surface area contributed by atoms with Gasteiger partial charge in [-0.05, 0) is 124 Å². The van der Waals surface area contributed by atoms with Crippen molar-refractivity contribution in [3.05, 3.63) is 82.0 Å². The molecule has 3 fully saturated rings. The van der Waals surface area contributed by atoms with Crippen LogP contribution in [0.2, 0.25) is 0 Å². The SMILES string of the molecule is CC#C[C@]1(O)CC[C@H]2[C@@H]3CCC4=CC(=O)CCC4=C3[C@@H](c3ccc(N(C)CCOCCOCCOCCOCC(=O)NCCCOCCOCCOCCCNc4cccc5c4C(=O)N(C4CCC(=O)NC4=O)C5=O)cc3)C[C@@]21C. The molecule has 2 aromatic carbocycles. The number of benzene rings is 2. The molecule has 6 atom stereocenters. The van der Waals surface area contributed by atoms with Gasteiger partial charge in [0.05, 0.1) is 83.8 Å². The lowest BCUT2D eigenvalue weighted by molar-refractivity contribution is -0.136. The Labute approximate surface area is 470 Å². The summed E-state index contributed by atoms with van der Waals surface area (Å²) < 4.78 is 39.3. The fourth-order valence-corrected chi connectivity index (χ4v) is 12.5. The Balaban J connectivity index is 0.581. The minimum Gasteiger partial charge on any atom is -0.384 e. The van der Waals surface area contributed by atoms with Gasteiger partial charge < -0.3 is 53.8 Å². The average molecular weight is 1110 g/mol. The van der Waals surface area contributed by atoms with Crippen LogP contribution in [-0.2, 0) is 52.3 Å². The fraction of sp³-hybridized carbons (Fsp3) is 0.607. The zero-order valence-corrected chi connectivity index (χ0v) is 46.9. The molecule has 5 amide bonds. The standard InChI is InChI=1S/C61H81N5O14/c1-4-21-61(73)22-20-50-47-16-12-43-39-45(67)15-17-46(43)55(47)49(40-60(50,61)2)42-10-13-44(14-11-42)65(3)25-28-76-31-34-78-35-36-79-37-38-80-41-54(69)63-24-7-27-75-30-33-77-32-29-74-26-6-23-62-51-9-5-8-48-56(51)59(72)66(58(48)71)52-18-19-53(68)64-57(52)70/h5,8-11,13-14,39,47,49-50,52,62,73H,6-7,12,15-20,22-38,40-41H2,1-3H3,(H,63,69)(H,64,68,70)/t47-,49+,50-,52?,60-,61-/m0/s1. The van der Waals surface area contributed by atoms with Crippen molar-refractivity contribution in [2.75, 3.05) is 129 Å². The first-order chi connectivity index (χ1) is 38.8. The van der Waals surface area contributed by atoms with Gasteiger partial charge in [0.15, 0.2) is 5.78 Å². The highest BCUT2D eigenvalue weighted by Crippen LogP contribution is 2.66. The van der Waals surface area contributed by atoms with E-state index < -0.39 is 35.3 Å². The number of hydrogen-bond acceptors (Lipinski definition) is 16. The van der Waals surface area contributed by atoms with Gasteiger partial charge in [0.1, 0.15) is 18.2 Å². The number of imide groups is 2. The van der Waals surface area contributed by atoms with Gasteiger partial charge >= 0.3 is 0 Å². The Morgan fingerprint density at radius 1 is 0.762 bits per heavy atom. The first kappa shape index (κ1) is 60.3. The number of fused-ring (bicyclic) bond motifs is 5. The first-order valence-electron chi connectivity index (χ1n) is 28.7. The molecule has 2 saturated carbocycles. The normalized spacial score (nSPS) is 24.1. The molecule has 0 bridgehead atoms. The maximum Gasteiger partial charge on any atom is 0.264 e. The molecule has 6 aliphatic rings. The van der Waals surface area contributed by atoms with Crippen molar-refractivity contribution < 1.29 is 67.0 Å². The third-order valence-electron chi connectivity index (χ3n) is 16.7. The summed E-state index contributed by atoms with van der Waals surface area (Å²) in [5.74, 6) is 5.12. The molecule has 2 heterocycles. The van der Waals surface area contributed by atoms with Gasteiger partial charge in [0, 0.05) is 75.4 Å². The smallest absolute Gasteiger partial charge is 0.264 e.